The fourth-order valence-corrected chi connectivity index (χ4v) is 2.49. The van der Waals surface area contributed by atoms with E-state index in [0.29, 0.717) is 0 Å². The molecule has 1 nitrogen and oxygen atoms in total. The molecule has 1 atom stereocenters. The van der Waals surface area contributed by atoms with E-state index in [-0.39, 0.29) is 12.0 Å². The van der Waals surface area contributed by atoms with E-state index < -0.39 is 11.8 Å². The summed E-state index contributed by atoms with van der Waals surface area (Å²) in [7, 11) is 0. The second-order valence-corrected chi connectivity index (χ2v) is 7.38. The van der Waals surface area contributed by atoms with Gasteiger partial charge in [-0.05, 0) is 32.1 Å². The van der Waals surface area contributed by atoms with Gasteiger partial charge in [-0.25, -0.2) is 0 Å². The molecule has 0 aromatic carbocycles. The van der Waals surface area contributed by atoms with Gasteiger partial charge in [-0.2, -0.15) is 13.2 Å². The lowest BCUT2D eigenvalue weighted by molar-refractivity contribution is -0.270. The molecule has 0 aliphatic rings. The number of hydrogen-bond donors (Lipinski definition) is 0. The Morgan fingerprint density at radius 2 is 1.18 bits per heavy atom. The first-order chi connectivity index (χ1) is 10.1. The lowest BCUT2D eigenvalue weighted by Crippen LogP contribution is -2.44. The summed E-state index contributed by atoms with van der Waals surface area (Å²) >= 11 is 0. The van der Waals surface area contributed by atoms with Crippen molar-refractivity contribution >= 4 is 0 Å². The van der Waals surface area contributed by atoms with Crippen molar-refractivity contribution in [3.63, 3.8) is 0 Å². The lowest BCUT2D eigenvalue weighted by atomic mass is 9.80. The zero-order chi connectivity index (χ0) is 17.3. The largest absolute Gasteiger partial charge is 0.416 e. The molecule has 0 aliphatic heterocycles. The Bertz CT molecular complexity index is 287. The Morgan fingerprint density at radius 3 is 1.64 bits per heavy atom. The van der Waals surface area contributed by atoms with Crippen molar-refractivity contribution < 1.29 is 17.9 Å². The Kier molecular flexibility index (Phi) is 9.68. The molecule has 0 bridgehead atoms. The van der Waals surface area contributed by atoms with Crippen molar-refractivity contribution in [1.82, 2.24) is 0 Å². The van der Waals surface area contributed by atoms with E-state index in [2.05, 4.69) is 20.8 Å². The highest BCUT2D eigenvalue weighted by atomic mass is 19.4. The highest BCUT2D eigenvalue weighted by Crippen LogP contribution is 2.37. The Balaban J connectivity index is 4.56. The van der Waals surface area contributed by atoms with Crippen molar-refractivity contribution in [3.05, 3.63) is 0 Å². The van der Waals surface area contributed by atoms with Crippen LogP contribution >= 0.6 is 0 Å². The van der Waals surface area contributed by atoms with Crippen LogP contribution in [0, 0.1) is 5.41 Å². The monoisotopic (exact) mass is 324 g/mol. The second-order valence-electron chi connectivity index (χ2n) is 7.38. The first-order valence-corrected chi connectivity index (χ1v) is 8.78. The zero-order valence-electron chi connectivity index (χ0n) is 15.1. The van der Waals surface area contributed by atoms with Gasteiger partial charge in [0.25, 0.3) is 0 Å². The number of halogens is 3. The molecule has 0 saturated carbocycles. The van der Waals surface area contributed by atoms with Gasteiger partial charge in [0.05, 0.1) is 6.61 Å². The molecule has 0 amide bonds. The number of ether oxygens (including phenoxy) is 1. The maximum atomic E-state index is 12.9. The van der Waals surface area contributed by atoms with Crippen LogP contribution in [0.3, 0.4) is 0 Å². The fraction of sp³-hybridized carbons (Fsp3) is 1.00. The minimum Gasteiger partial charge on any atom is -0.366 e. The van der Waals surface area contributed by atoms with Gasteiger partial charge in [0.15, 0.2) is 5.60 Å². The van der Waals surface area contributed by atoms with E-state index in [1.165, 1.54) is 12.8 Å². The van der Waals surface area contributed by atoms with Crippen LogP contribution in [0.25, 0.3) is 0 Å². The topological polar surface area (TPSA) is 9.23 Å². The molecule has 0 saturated heterocycles. The molecule has 134 valence electrons. The van der Waals surface area contributed by atoms with Crippen LogP contribution in [0.5, 0.6) is 0 Å². The van der Waals surface area contributed by atoms with Gasteiger partial charge in [0.1, 0.15) is 0 Å². The summed E-state index contributed by atoms with van der Waals surface area (Å²) in [6.45, 7) is 8.82. The van der Waals surface area contributed by atoms with E-state index in [1.54, 1.807) is 0 Å². The van der Waals surface area contributed by atoms with E-state index in [9.17, 15) is 13.2 Å². The number of alkyl halides is 3. The van der Waals surface area contributed by atoms with Gasteiger partial charge in [0, 0.05) is 0 Å². The first kappa shape index (κ1) is 21.8. The maximum absolute atomic E-state index is 12.9. The van der Waals surface area contributed by atoms with Crippen molar-refractivity contribution in [3.8, 4) is 0 Å². The molecule has 4 heteroatoms. The molecule has 0 aromatic heterocycles. The third-order valence-electron chi connectivity index (χ3n) is 4.48. The molecule has 0 N–H and O–H groups in total. The Labute approximate surface area is 135 Å². The number of unbranched alkanes of at least 4 members (excludes halogenated alkanes) is 5. The van der Waals surface area contributed by atoms with Gasteiger partial charge in [-0.1, -0.05) is 65.7 Å². The van der Waals surface area contributed by atoms with Gasteiger partial charge in [-0.15, -0.1) is 0 Å². The number of hydrogen-bond acceptors (Lipinski definition) is 1. The third-order valence-corrected chi connectivity index (χ3v) is 4.48. The van der Waals surface area contributed by atoms with Crippen LogP contribution in [-0.2, 0) is 4.74 Å². The summed E-state index contributed by atoms with van der Waals surface area (Å²) in [6.07, 6.45) is 5.49. The van der Waals surface area contributed by atoms with Gasteiger partial charge in [-0.3, -0.25) is 0 Å². The van der Waals surface area contributed by atoms with Crippen molar-refractivity contribution in [2.24, 2.45) is 5.41 Å². The minimum atomic E-state index is -4.32. The number of rotatable bonds is 12. The highest BCUT2D eigenvalue weighted by Gasteiger charge is 2.49. The maximum Gasteiger partial charge on any atom is 0.416 e. The molecule has 0 heterocycles. The Hall–Kier alpha value is -0.250. The Morgan fingerprint density at radius 1 is 0.727 bits per heavy atom. The van der Waals surface area contributed by atoms with Crippen LogP contribution in [0.4, 0.5) is 13.2 Å². The molecule has 0 radical (unpaired) electrons. The average molecular weight is 324 g/mol. The molecule has 0 rings (SSSR count). The van der Waals surface area contributed by atoms with Crippen LogP contribution in [0.15, 0.2) is 0 Å². The predicted octanol–water partition coefficient (Wildman–Crippen LogP) is 6.90. The second kappa shape index (κ2) is 9.79. The van der Waals surface area contributed by atoms with Crippen LogP contribution < -0.4 is 0 Å². The lowest BCUT2D eigenvalue weighted by Gasteiger charge is -2.35. The summed E-state index contributed by atoms with van der Waals surface area (Å²) in [4.78, 5) is 0. The van der Waals surface area contributed by atoms with Gasteiger partial charge >= 0.3 is 6.18 Å². The molecular weight excluding hydrogens is 289 g/mol. The zero-order valence-corrected chi connectivity index (χ0v) is 15.1. The third kappa shape index (κ3) is 8.40. The molecule has 0 spiro atoms. The summed E-state index contributed by atoms with van der Waals surface area (Å²) in [5.41, 5.74) is -2.21. The van der Waals surface area contributed by atoms with Crippen molar-refractivity contribution in [2.45, 2.75) is 104 Å². The summed E-state index contributed by atoms with van der Waals surface area (Å²) in [5, 5.41) is 0. The fourth-order valence-electron chi connectivity index (χ4n) is 2.49. The quantitative estimate of drug-likeness (QED) is 0.355. The van der Waals surface area contributed by atoms with Crippen LogP contribution in [0.2, 0.25) is 0 Å². The van der Waals surface area contributed by atoms with E-state index in [4.69, 9.17) is 4.74 Å². The average Bonchev–Trinajstić information content (AvgIpc) is 2.41. The minimum absolute atomic E-state index is 0.147. The summed E-state index contributed by atoms with van der Waals surface area (Å²) in [6, 6.07) is 0. The van der Waals surface area contributed by atoms with Crippen LogP contribution in [-0.4, -0.2) is 18.4 Å². The standard InChI is InChI=1S/C18H35F3O/c1-6-8-10-12-14-17(5,13-11-9-7-2)15-22-16(3,4)18(19,20)21/h6-15H2,1-5H3. The smallest absolute Gasteiger partial charge is 0.366 e. The summed E-state index contributed by atoms with van der Waals surface area (Å²) in [5.74, 6) is 0. The summed E-state index contributed by atoms with van der Waals surface area (Å²) < 4.78 is 44.1. The predicted molar refractivity (Wildman–Crippen MR) is 87.1 cm³/mol. The van der Waals surface area contributed by atoms with E-state index >= 15 is 0 Å². The first-order valence-electron chi connectivity index (χ1n) is 8.78. The van der Waals surface area contributed by atoms with Crippen LogP contribution in [0.1, 0.15) is 92.4 Å². The van der Waals surface area contributed by atoms with Gasteiger partial charge in [0.2, 0.25) is 0 Å². The molecule has 22 heavy (non-hydrogen) atoms. The molecular formula is C18H35F3O. The normalized spacial score (nSPS) is 15.8. The van der Waals surface area contributed by atoms with Crippen molar-refractivity contribution in [1.29, 1.82) is 0 Å². The SMILES string of the molecule is CCCCCCC(C)(CCCCC)COC(C)(C)C(F)(F)F. The molecule has 1 unspecified atom stereocenters. The highest BCUT2D eigenvalue weighted by molar-refractivity contribution is 4.82. The van der Waals surface area contributed by atoms with E-state index in [1.807, 2.05) is 0 Å². The van der Waals surface area contributed by atoms with Gasteiger partial charge < -0.3 is 4.74 Å². The van der Waals surface area contributed by atoms with Crippen molar-refractivity contribution in [2.75, 3.05) is 6.61 Å². The molecule has 0 aliphatic carbocycles. The van der Waals surface area contributed by atoms with E-state index in [0.717, 1.165) is 58.8 Å². The molecule has 0 aromatic rings. The molecule has 0 fully saturated rings.